The highest BCUT2D eigenvalue weighted by Crippen LogP contribution is 2.35. The van der Waals surface area contributed by atoms with E-state index in [2.05, 4.69) is 35.9 Å². The second kappa shape index (κ2) is 6.02. The molecule has 6 heteroatoms. The predicted molar refractivity (Wildman–Crippen MR) is 76.1 cm³/mol. The van der Waals surface area contributed by atoms with E-state index in [1.54, 1.807) is 18.3 Å². The first-order valence-corrected chi connectivity index (χ1v) is 6.77. The van der Waals surface area contributed by atoms with Gasteiger partial charge in [-0.05, 0) is 24.5 Å². The fourth-order valence-electron chi connectivity index (χ4n) is 1.96. The summed E-state index contributed by atoms with van der Waals surface area (Å²) >= 11 is 0. The summed E-state index contributed by atoms with van der Waals surface area (Å²) < 4.78 is 11.0. The molecule has 2 heterocycles. The lowest BCUT2D eigenvalue weighted by atomic mass is 9.88. The van der Waals surface area contributed by atoms with Crippen molar-refractivity contribution in [1.82, 2.24) is 15.1 Å². The third-order valence-corrected chi connectivity index (χ3v) is 2.92. The molecule has 0 saturated heterocycles. The molecule has 110 valence electrons. The summed E-state index contributed by atoms with van der Waals surface area (Å²) in [5.41, 5.74) is 0.835. The molecule has 0 fully saturated rings. The SMILES string of the molecule is CCOC(c1noc(-c2ccnc(C#N)c2)n1)C(C)(C)C. The van der Waals surface area contributed by atoms with E-state index in [-0.39, 0.29) is 11.5 Å². The smallest absolute Gasteiger partial charge is 0.258 e. The lowest BCUT2D eigenvalue weighted by Gasteiger charge is -2.27. The van der Waals surface area contributed by atoms with Crippen LogP contribution in [0.25, 0.3) is 11.5 Å². The standard InChI is InChI=1S/C15H18N4O2/c1-5-20-12(15(2,3)4)13-18-14(21-19-13)10-6-7-17-11(8-10)9-16/h6-8,12H,5H2,1-4H3. The number of pyridine rings is 1. The van der Waals surface area contributed by atoms with Crippen molar-refractivity contribution in [3.05, 3.63) is 29.8 Å². The molecule has 0 N–H and O–H groups in total. The van der Waals surface area contributed by atoms with Gasteiger partial charge in [0.2, 0.25) is 5.82 Å². The Morgan fingerprint density at radius 1 is 1.43 bits per heavy atom. The fraction of sp³-hybridized carbons (Fsp3) is 0.467. The summed E-state index contributed by atoms with van der Waals surface area (Å²) in [5, 5.41) is 12.9. The number of hydrogen-bond acceptors (Lipinski definition) is 6. The van der Waals surface area contributed by atoms with Crippen LogP contribution in [0.1, 0.15) is 45.3 Å². The average Bonchev–Trinajstić information content (AvgIpc) is 2.93. The summed E-state index contributed by atoms with van der Waals surface area (Å²) in [6, 6.07) is 5.33. The summed E-state index contributed by atoms with van der Waals surface area (Å²) in [5.74, 6) is 0.868. The lowest BCUT2D eigenvalue weighted by Crippen LogP contribution is -2.22. The van der Waals surface area contributed by atoms with Crippen molar-refractivity contribution in [2.75, 3.05) is 6.61 Å². The maximum absolute atomic E-state index is 8.88. The Balaban J connectivity index is 2.34. The summed E-state index contributed by atoms with van der Waals surface area (Å²) in [6.45, 7) is 8.68. The molecule has 2 aromatic rings. The fourth-order valence-corrected chi connectivity index (χ4v) is 1.96. The maximum atomic E-state index is 8.88. The molecule has 0 aliphatic heterocycles. The van der Waals surface area contributed by atoms with Gasteiger partial charge in [-0.3, -0.25) is 0 Å². The lowest BCUT2D eigenvalue weighted by molar-refractivity contribution is -0.0203. The number of rotatable bonds is 4. The number of hydrogen-bond donors (Lipinski definition) is 0. The van der Waals surface area contributed by atoms with Crippen molar-refractivity contribution in [3.63, 3.8) is 0 Å². The molecule has 0 amide bonds. The molecule has 0 spiro atoms. The van der Waals surface area contributed by atoms with Crippen molar-refractivity contribution in [1.29, 1.82) is 5.26 Å². The highest BCUT2D eigenvalue weighted by molar-refractivity contribution is 5.54. The van der Waals surface area contributed by atoms with Gasteiger partial charge in [0.15, 0.2) is 0 Å². The quantitative estimate of drug-likeness (QED) is 0.858. The Labute approximate surface area is 123 Å². The predicted octanol–water partition coefficient (Wildman–Crippen LogP) is 3.13. The molecule has 1 atom stereocenters. The van der Waals surface area contributed by atoms with Crippen LogP contribution in [0.3, 0.4) is 0 Å². The Bertz CT molecular complexity index is 652. The van der Waals surface area contributed by atoms with Gasteiger partial charge in [-0.1, -0.05) is 25.9 Å². The third kappa shape index (κ3) is 3.44. The van der Waals surface area contributed by atoms with E-state index in [4.69, 9.17) is 14.5 Å². The number of nitrogens with zero attached hydrogens (tertiary/aromatic N) is 4. The number of aromatic nitrogens is 3. The van der Waals surface area contributed by atoms with E-state index in [1.807, 2.05) is 13.0 Å². The van der Waals surface area contributed by atoms with Gasteiger partial charge in [-0.2, -0.15) is 10.2 Å². The molecule has 0 bridgehead atoms. The second-order valence-corrected chi connectivity index (χ2v) is 5.70. The minimum Gasteiger partial charge on any atom is -0.370 e. The van der Waals surface area contributed by atoms with E-state index in [0.29, 0.717) is 29.6 Å². The molecule has 2 rings (SSSR count). The Morgan fingerprint density at radius 2 is 2.19 bits per heavy atom. The highest BCUT2D eigenvalue weighted by atomic mass is 16.5. The van der Waals surface area contributed by atoms with E-state index in [0.717, 1.165) is 0 Å². The minimum absolute atomic E-state index is 0.146. The van der Waals surface area contributed by atoms with Crippen LogP contribution in [-0.4, -0.2) is 21.7 Å². The first kappa shape index (κ1) is 15.1. The van der Waals surface area contributed by atoms with Crippen molar-refractivity contribution in [2.45, 2.75) is 33.8 Å². The van der Waals surface area contributed by atoms with Crippen molar-refractivity contribution in [2.24, 2.45) is 5.41 Å². The molecule has 0 aliphatic carbocycles. The van der Waals surface area contributed by atoms with Crippen molar-refractivity contribution >= 4 is 0 Å². The van der Waals surface area contributed by atoms with E-state index in [1.165, 1.54) is 0 Å². The van der Waals surface area contributed by atoms with Gasteiger partial charge >= 0.3 is 0 Å². The van der Waals surface area contributed by atoms with Gasteiger partial charge in [0.05, 0.1) is 0 Å². The zero-order chi connectivity index (χ0) is 15.5. The average molecular weight is 286 g/mol. The molecule has 1 unspecified atom stereocenters. The topological polar surface area (TPSA) is 84.8 Å². The van der Waals surface area contributed by atoms with E-state index >= 15 is 0 Å². The normalized spacial score (nSPS) is 12.9. The zero-order valence-corrected chi connectivity index (χ0v) is 12.6. The molecule has 0 radical (unpaired) electrons. The molecule has 6 nitrogen and oxygen atoms in total. The van der Waals surface area contributed by atoms with Gasteiger partial charge in [0.25, 0.3) is 5.89 Å². The first-order valence-electron chi connectivity index (χ1n) is 6.77. The van der Waals surface area contributed by atoms with Crippen LogP contribution in [0.4, 0.5) is 0 Å². The van der Waals surface area contributed by atoms with Gasteiger partial charge < -0.3 is 9.26 Å². The second-order valence-electron chi connectivity index (χ2n) is 5.70. The van der Waals surface area contributed by atoms with E-state index < -0.39 is 0 Å². The van der Waals surface area contributed by atoms with Crippen LogP contribution < -0.4 is 0 Å². The zero-order valence-electron chi connectivity index (χ0n) is 12.6. The van der Waals surface area contributed by atoms with Crippen molar-refractivity contribution < 1.29 is 9.26 Å². The van der Waals surface area contributed by atoms with E-state index in [9.17, 15) is 0 Å². The maximum Gasteiger partial charge on any atom is 0.258 e. The number of ether oxygens (including phenoxy) is 1. The Hall–Kier alpha value is -2.26. The van der Waals surface area contributed by atoms with Crippen LogP contribution in [0.2, 0.25) is 0 Å². The first-order chi connectivity index (χ1) is 9.95. The summed E-state index contributed by atoms with van der Waals surface area (Å²) in [7, 11) is 0. The van der Waals surface area contributed by atoms with Crippen LogP contribution in [0.5, 0.6) is 0 Å². The third-order valence-electron chi connectivity index (χ3n) is 2.92. The van der Waals surface area contributed by atoms with Crippen molar-refractivity contribution in [3.8, 4) is 17.5 Å². The monoisotopic (exact) mass is 286 g/mol. The molecule has 0 aliphatic rings. The number of nitriles is 1. The molecule has 2 aromatic heterocycles. The van der Waals surface area contributed by atoms with Gasteiger partial charge in [-0.25, -0.2) is 4.98 Å². The van der Waals surface area contributed by atoms with Crippen LogP contribution in [0, 0.1) is 16.7 Å². The van der Waals surface area contributed by atoms with Crippen LogP contribution in [-0.2, 0) is 4.74 Å². The largest absolute Gasteiger partial charge is 0.370 e. The Kier molecular flexibility index (Phi) is 4.34. The summed E-state index contributed by atoms with van der Waals surface area (Å²) in [4.78, 5) is 8.32. The molecular weight excluding hydrogens is 268 g/mol. The summed E-state index contributed by atoms with van der Waals surface area (Å²) in [6.07, 6.45) is 1.29. The highest BCUT2D eigenvalue weighted by Gasteiger charge is 2.31. The molecule has 0 aromatic carbocycles. The molecular formula is C15H18N4O2. The molecule has 0 saturated carbocycles. The van der Waals surface area contributed by atoms with Gasteiger partial charge in [0.1, 0.15) is 17.9 Å². The molecule has 21 heavy (non-hydrogen) atoms. The van der Waals surface area contributed by atoms with Crippen LogP contribution >= 0.6 is 0 Å². The van der Waals surface area contributed by atoms with Crippen LogP contribution in [0.15, 0.2) is 22.9 Å². The van der Waals surface area contributed by atoms with Gasteiger partial charge in [-0.15, -0.1) is 0 Å². The van der Waals surface area contributed by atoms with Gasteiger partial charge in [0, 0.05) is 18.4 Å². The Morgan fingerprint density at radius 3 is 2.81 bits per heavy atom. The minimum atomic E-state index is -0.253.